The van der Waals surface area contributed by atoms with E-state index in [0.29, 0.717) is 56.4 Å². The van der Waals surface area contributed by atoms with E-state index in [4.69, 9.17) is 9.47 Å². The molecule has 0 bridgehead atoms. The number of morpholine rings is 1. The molecule has 2 saturated carbocycles. The van der Waals surface area contributed by atoms with Crippen molar-refractivity contribution in [3.05, 3.63) is 42.6 Å². The molecule has 2 saturated heterocycles. The molecule has 4 heterocycles. The second-order valence-corrected chi connectivity index (χ2v) is 20.7. The second-order valence-electron chi connectivity index (χ2n) is 18.7. The predicted molar refractivity (Wildman–Crippen MR) is 228 cm³/mol. The highest BCUT2D eigenvalue weighted by molar-refractivity contribution is 7.91. The molecule has 3 aliphatic heterocycles. The van der Waals surface area contributed by atoms with Crippen LogP contribution in [-0.4, -0.2) is 132 Å². The van der Waals surface area contributed by atoms with Gasteiger partial charge in [-0.3, -0.25) is 24.0 Å². The van der Waals surface area contributed by atoms with Gasteiger partial charge in [-0.05, 0) is 70.3 Å². The molecule has 15 nitrogen and oxygen atoms in total. The van der Waals surface area contributed by atoms with Gasteiger partial charge < -0.3 is 29.7 Å². The summed E-state index contributed by atoms with van der Waals surface area (Å²) in [7, 11) is -4.48. The Balaban J connectivity index is 1.29. The fourth-order valence-corrected chi connectivity index (χ4v) is 10.9. The van der Waals surface area contributed by atoms with Crippen LogP contribution in [0.2, 0.25) is 0 Å². The third kappa shape index (κ3) is 8.79. The van der Waals surface area contributed by atoms with Gasteiger partial charge in [0.05, 0.1) is 31.6 Å². The number of hydrogen-bond donors (Lipinski definition) is 3. The number of ether oxygens (including phenoxy) is 2. The van der Waals surface area contributed by atoms with Crippen molar-refractivity contribution in [1.82, 2.24) is 24.8 Å². The van der Waals surface area contributed by atoms with Gasteiger partial charge >= 0.3 is 6.09 Å². The molecule has 0 spiro atoms. The van der Waals surface area contributed by atoms with Crippen molar-refractivity contribution >= 4 is 50.3 Å². The maximum absolute atomic E-state index is 15.5. The first-order valence-electron chi connectivity index (χ1n) is 21.9. The van der Waals surface area contributed by atoms with Gasteiger partial charge in [-0.1, -0.05) is 50.6 Å². The number of carboxylic acid groups (broad SMARTS) is 1. The van der Waals surface area contributed by atoms with Gasteiger partial charge in [-0.2, -0.15) is 0 Å². The van der Waals surface area contributed by atoms with Crippen molar-refractivity contribution in [2.45, 2.75) is 126 Å². The number of hydrogen-bond acceptors (Lipinski definition) is 10. The quantitative estimate of drug-likeness (QED) is 0.244. The van der Waals surface area contributed by atoms with Crippen LogP contribution in [0.1, 0.15) is 86.0 Å². The third-order valence-electron chi connectivity index (χ3n) is 14.1. The largest absolute Gasteiger partial charge is 0.472 e. The molecule has 346 valence electrons. The standard InChI is InChI=1S/C44H59F3N6O9S/c1-6-28-21-27(2)11-7-8-12-29-23-44(29,39(56)50-63(59,60)43(26-45)15-16-43)49-36(54)33-22-30(25-52(33)38(55)35(28)53(40(57)58)41(3,4)42(5,46)47)62-37-32-14-10-9-13-31(32)34(24-48-37)51-17-19-61-20-18-51/h8-10,12-14,24,27-30,33,35H,6-7,11,15-23,25-26H2,1-5H3,(H,49,54)(H,50,56)(H,57,58)/b12-8-/t27-,28-,29-,30-,33+,35+,44-/m1/s1. The number of benzene rings is 1. The first-order valence-corrected chi connectivity index (χ1v) is 23.4. The van der Waals surface area contributed by atoms with Crippen LogP contribution in [0.3, 0.4) is 0 Å². The number of allylic oxidation sites excluding steroid dienone is 1. The van der Waals surface area contributed by atoms with Crippen LogP contribution in [0, 0.1) is 17.8 Å². The van der Waals surface area contributed by atoms with Gasteiger partial charge in [-0.15, -0.1) is 0 Å². The maximum Gasteiger partial charge on any atom is 0.408 e. The smallest absolute Gasteiger partial charge is 0.408 e. The number of sulfonamides is 1. The first-order chi connectivity index (χ1) is 29.7. The molecule has 7 atom stereocenters. The monoisotopic (exact) mass is 904 g/mol. The molecule has 19 heteroatoms. The SMILES string of the molecule is CC[C@@H]1C[C@H](C)CC/C=C\[C@@H]2C[C@@]2(C(=O)NS(=O)(=O)C2(CF)CC2)NC(=O)[C@@H]2C[C@@H](Oc3ncc(N4CCOCC4)c4ccccc34)CN2C(=O)[C@H]1N(C(=O)O)C(C)(C)C(C)(F)F. The zero-order valence-corrected chi connectivity index (χ0v) is 37.3. The molecule has 0 radical (unpaired) electrons. The summed E-state index contributed by atoms with van der Waals surface area (Å²) in [6.45, 7) is 7.33. The highest BCUT2D eigenvalue weighted by Gasteiger charge is 2.64. The molecule has 0 unspecified atom stereocenters. The summed E-state index contributed by atoms with van der Waals surface area (Å²) in [5.74, 6) is -7.75. The number of amides is 4. The molecule has 1 aromatic heterocycles. The number of aromatic nitrogens is 1. The molecular formula is C44H59F3N6O9S. The fourth-order valence-electron chi connectivity index (χ4n) is 9.46. The normalized spacial score (nSPS) is 29.7. The summed E-state index contributed by atoms with van der Waals surface area (Å²) >= 11 is 0. The molecule has 2 aromatic rings. The molecule has 3 N–H and O–H groups in total. The van der Waals surface area contributed by atoms with E-state index in [2.05, 4.69) is 15.2 Å². The highest BCUT2D eigenvalue weighted by Crippen LogP contribution is 2.48. The van der Waals surface area contributed by atoms with E-state index in [1.165, 1.54) is 0 Å². The number of pyridine rings is 1. The van der Waals surface area contributed by atoms with Gasteiger partial charge in [0.25, 0.3) is 11.8 Å². The van der Waals surface area contributed by atoms with E-state index in [0.717, 1.165) is 29.8 Å². The van der Waals surface area contributed by atoms with Crippen LogP contribution in [0.25, 0.3) is 10.8 Å². The van der Waals surface area contributed by atoms with Crippen molar-refractivity contribution in [2.75, 3.05) is 44.4 Å². The van der Waals surface area contributed by atoms with Crippen LogP contribution in [0.4, 0.5) is 23.7 Å². The van der Waals surface area contributed by atoms with Gasteiger partial charge in [0.1, 0.15) is 40.7 Å². The Labute approximate surface area is 366 Å². The van der Waals surface area contributed by atoms with Crippen molar-refractivity contribution in [1.29, 1.82) is 0 Å². The molecule has 63 heavy (non-hydrogen) atoms. The van der Waals surface area contributed by atoms with Crippen LogP contribution in [-0.2, 0) is 29.1 Å². The molecule has 4 amide bonds. The maximum atomic E-state index is 15.5. The zero-order valence-electron chi connectivity index (χ0n) is 36.4. The minimum absolute atomic E-state index is 0.00780. The summed E-state index contributed by atoms with van der Waals surface area (Å²) in [5, 5.41) is 15.0. The lowest BCUT2D eigenvalue weighted by molar-refractivity contribution is -0.157. The summed E-state index contributed by atoms with van der Waals surface area (Å²) < 4.78 is 84.1. The summed E-state index contributed by atoms with van der Waals surface area (Å²) in [6, 6.07) is 4.35. The Hall–Kier alpha value is -4.65. The lowest BCUT2D eigenvalue weighted by Crippen LogP contribution is -2.67. The van der Waals surface area contributed by atoms with Crippen molar-refractivity contribution in [3.8, 4) is 5.88 Å². The number of nitrogens with one attached hydrogen (secondary N) is 2. The molecule has 4 fully saturated rings. The highest BCUT2D eigenvalue weighted by atomic mass is 32.2. The minimum atomic E-state index is -4.48. The lowest BCUT2D eigenvalue weighted by atomic mass is 9.81. The van der Waals surface area contributed by atoms with Gasteiger partial charge in [0, 0.05) is 43.1 Å². The van der Waals surface area contributed by atoms with Crippen LogP contribution in [0.5, 0.6) is 5.88 Å². The van der Waals surface area contributed by atoms with E-state index in [1.807, 2.05) is 42.0 Å². The second kappa shape index (κ2) is 17.4. The van der Waals surface area contributed by atoms with E-state index in [9.17, 15) is 32.3 Å². The number of fused-ring (bicyclic) bond motifs is 3. The van der Waals surface area contributed by atoms with Gasteiger partial charge in [0.15, 0.2) is 0 Å². The fraction of sp³-hybridized carbons (Fsp3) is 0.659. The summed E-state index contributed by atoms with van der Waals surface area (Å²) in [5.41, 5.74) is -3.32. The zero-order chi connectivity index (χ0) is 45.7. The number of halogens is 3. The Bertz CT molecular complexity index is 2230. The van der Waals surface area contributed by atoms with E-state index in [-0.39, 0.29) is 56.9 Å². The molecular weight excluding hydrogens is 846 g/mol. The number of alkyl halides is 3. The predicted octanol–water partition coefficient (Wildman–Crippen LogP) is 5.43. The van der Waals surface area contributed by atoms with Gasteiger partial charge in [-0.25, -0.2) is 31.4 Å². The van der Waals surface area contributed by atoms with Crippen molar-refractivity contribution < 1.29 is 55.3 Å². The van der Waals surface area contributed by atoms with E-state index < -0.39 is 92.3 Å². The first kappa shape index (κ1) is 46.3. The Morgan fingerprint density at radius 3 is 2.41 bits per heavy atom. The summed E-state index contributed by atoms with van der Waals surface area (Å²) in [4.78, 5) is 66.0. The number of carbonyl (C=O) groups is 4. The van der Waals surface area contributed by atoms with E-state index >= 15 is 13.6 Å². The van der Waals surface area contributed by atoms with Crippen molar-refractivity contribution in [3.63, 3.8) is 0 Å². The Morgan fingerprint density at radius 1 is 1.11 bits per heavy atom. The molecule has 7 rings (SSSR count). The van der Waals surface area contributed by atoms with E-state index in [1.54, 1.807) is 19.2 Å². The topological polar surface area (TPSA) is 188 Å². The number of rotatable bonds is 11. The van der Waals surface area contributed by atoms with Crippen LogP contribution in [0.15, 0.2) is 42.6 Å². The number of carbonyl (C=O) groups excluding carboxylic acids is 3. The average molecular weight is 905 g/mol. The third-order valence-corrected chi connectivity index (χ3v) is 16.2. The lowest BCUT2D eigenvalue weighted by Gasteiger charge is -2.47. The van der Waals surface area contributed by atoms with Crippen LogP contribution >= 0.6 is 0 Å². The Kier molecular flexibility index (Phi) is 12.8. The average Bonchev–Trinajstić information content (AvgIpc) is 4.14. The Morgan fingerprint density at radius 2 is 1.79 bits per heavy atom. The number of anilines is 1. The number of nitrogens with zero attached hydrogens (tertiary/aromatic N) is 4. The molecule has 1 aromatic carbocycles. The summed E-state index contributed by atoms with van der Waals surface area (Å²) in [6.07, 6.45) is 4.00. The molecule has 5 aliphatic rings. The van der Waals surface area contributed by atoms with Crippen molar-refractivity contribution in [2.24, 2.45) is 17.8 Å². The van der Waals surface area contributed by atoms with Gasteiger partial charge in [0.2, 0.25) is 27.7 Å². The molecule has 2 aliphatic carbocycles. The minimum Gasteiger partial charge on any atom is -0.472 e. The van der Waals surface area contributed by atoms with Crippen LogP contribution < -0.4 is 19.7 Å².